The number of anilines is 1. The van der Waals surface area contributed by atoms with Crippen LogP contribution < -0.4 is 5.32 Å². The molecule has 184 valence electrons. The second-order valence-electron chi connectivity index (χ2n) is 8.64. The molecular weight excluding hydrogens is 487 g/mol. The van der Waals surface area contributed by atoms with Crippen LogP contribution in [0.5, 0.6) is 0 Å². The molecule has 1 atom stereocenters. The molecule has 0 spiro atoms. The van der Waals surface area contributed by atoms with Crippen molar-refractivity contribution in [2.45, 2.75) is 12.3 Å². The number of imidazole rings is 1. The van der Waals surface area contributed by atoms with Crippen molar-refractivity contribution in [2.75, 3.05) is 5.32 Å². The highest BCUT2D eigenvalue weighted by Crippen LogP contribution is 2.37. The number of halogens is 2. The molecule has 0 radical (unpaired) electrons. The molecule has 0 saturated carbocycles. The number of hydrogen-bond acceptors (Lipinski definition) is 5. The zero-order valence-corrected chi connectivity index (χ0v) is 20.8. The minimum absolute atomic E-state index is 0.230. The average molecular weight is 511 g/mol. The third kappa shape index (κ3) is 5.13. The summed E-state index contributed by atoms with van der Waals surface area (Å²) in [6, 6.07) is 19.2. The number of aryl methyl sites for hydroxylation is 1. The molecule has 5 aromatic rings. The Labute approximate surface area is 219 Å². The van der Waals surface area contributed by atoms with Crippen LogP contribution in [-0.2, 0) is 13.5 Å². The number of hydrogen-bond donors (Lipinski definition) is 2. The average Bonchev–Trinajstić information content (AvgIpc) is 3.33. The molecule has 37 heavy (non-hydrogen) atoms. The van der Waals surface area contributed by atoms with Crippen LogP contribution in [0.4, 0.5) is 10.2 Å². The van der Waals surface area contributed by atoms with Gasteiger partial charge >= 0.3 is 0 Å². The van der Waals surface area contributed by atoms with Crippen molar-refractivity contribution in [2.24, 2.45) is 7.05 Å². The molecule has 6 nitrogen and oxygen atoms in total. The summed E-state index contributed by atoms with van der Waals surface area (Å²) in [5.74, 6) is -0.119. The first-order valence-corrected chi connectivity index (χ1v) is 12.1. The minimum atomic E-state index is -0.527. The zero-order chi connectivity index (χ0) is 25.8. The summed E-state index contributed by atoms with van der Waals surface area (Å²) in [4.78, 5) is 13.1. The van der Waals surface area contributed by atoms with E-state index in [0.29, 0.717) is 17.3 Å². The van der Waals surface area contributed by atoms with Gasteiger partial charge in [-0.05, 0) is 41.0 Å². The fourth-order valence-corrected chi connectivity index (χ4v) is 4.76. The van der Waals surface area contributed by atoms with Crippen molar-refractivity contribution in [1.82, 2.24) is 19.5 Å². The smallest absolute Gasteiger partial charge is 0.212 e. The zero-order valence-electron chi connectivity index (χ0n) is 20.1. The van der Waals surface area contributed by atoms with E-state index >= 15 is 0 Å². The maximum Gasteiger partial charge on any atom is 0.212 e. The molecule has 0 aliphatic carbocycles. The van der Waals surface area contributed by atoms with Gasteiger partial charge in [-0.3, -0.25) is 0 Å². The summed E-state index contributed by atoms with van der Waals surface area (Å²) in [5.41, 5.74) is 5.43. The second-order valence-corrected chi connectivity index (χ2v) is 9.02. The molecule has 0 fully saturated rings. The maximum atomic E-state index is 13.6. The maximum absolute atomic E-state index is 13.6. The highest BCUT2D eigenvalue weighted by molar-refractivity contribution is 6.36. The fourth-order valence-electron chi connectivity index (χ4n) is 4.45. The van der Waals surface area contributed by atoms with Gasteiger partial charge in [-0.15, -0.1) is 0 Å². The van der Waals surface area contributed by atoms with E-state index in [2.05, 4.69) is 15.3 Å². The summed E-state index contributed by atoms with van der Waals surface area (Å²) >= 11 is 7.08. The van der Waals surface area contributed by atoms with Crippen molar-refractivity contribution >= 4 is 34.5 Å². The summed E-state index contributed by atoms with van der Waals surface area (Å²) < 4.78 is 15.6. The molecule has 2 aromatic carbocycles. The van der Waals surface area contributed by atoms with Crippen LogP contribution in [0.1, 0.15) is 33.9 Å². The van der Waals surface area contributed by atoms with Gasteiger partial charge in [-0.1, -0.05) is 54.1 Å². The largest absolute Gasteiger partial charge is 0.346 e. The van der Waals surface area contributed by atoms with Crippen molar-refractivity contribution in [3.05, 3.63) is 131 Å². The first-order chi connectivity index (χ1) is 18.0. The van der Waals surface area contributed by atoms with Crippen LogP contribution >= 0.6 is 11.6 Å². The van der Waals surface area contributed by atoms with Crippen LogP contribution in [-0.4, -0.2) is 25.7 Å². The van der Waals surface area contributed by atoms with Crippen molar-refractivity contribution < 1.29 is 4.39 Å². The highest BCUT2D eigenvalue weighted by atomic mass is 35.5. The van der Waals surface area contributed by atoms with E-state index in [9.17, 15) is 4.39 Å². The number of aromatic nitrogens is 4. The molecule has 3 heterocycles. The van der Waals surface area contributed by atoms with E-state index in [-0.39, 0.29) is 5.92 Å². The van der Waals surface area contributed by atoms with Crippen LogP contribution in [0, 0.1) is 11.4 Å². The Morgan fingerprint density at radius 1 is 1.08 bits per heavy atom. The second kappa shape index (κ2) is 10.7. The molecule has 0 amide bonds. The normalized spacial score (nSPS) is 12.2. The summed E-state index contributed by atoms with van der Waals surface area (Å²) in [5, 5.41) is 11.9. The molecule has 0 bridgehead atoms. The quantitative estimate of drug-likeness (QED) is 0.184. The molecular formula is C29H24ClFN6. The standard InChI is InChI=1S/C29H24ClFN6/c1-37-18-33-17-25(37)27(21-9-11-26(31)35-16-21)20-8-10-24-22(15-20)28(30)23(14-19-6-3-2-4-7-19)29(36-24)34-13-5-12-32/h2-13,15-18,27,32H,14H2,1H3,(H,34,36)/b13-5-,32-12?. The van der Waals surface area contributed by atoms with E-state index in [0.717, 1.165) is 38.9 Å². The van der Waals surface area contributed by atoms with Gasteiger partial charge in [0.15, 0.2) is 0 Å². The van der Waals surface area contributed by atoms with Gasteiger partial charge in [-0.2, -0.15) is 4.39 Å². The van der Waals surface area contributed by atoms with Crippen LogP contribution in [0.15, 0.2) is 91.7 Å². The summed E-state index contributed by atoms with van der Waals surface area (Å²) in [6.07, 6.45) is 10.1. The van der Waals surface area contributed by atoms with E-state index in [1.807, 2.05) is 66.3 Å². The van der Waals surface area contributed by atoms with E-state index in [1.54, 1.807) is 30.9 Å². The first-order valence-electron chi connectivity index (χ1n) is 11.7. The van der Waals surface area contributed by atoms with Crippen molar-refractivity contribution in [3.63, 3.8) is 0 Å². The number of benzene rings is 2. The Morgan fingerprint density at radius 3 is 2.59 bits per heavy atom. The predicted octanol–water partition coefficient (Wildman–Crippen LogP) is 6.50. The van der Waals surface area contributed by atoms with Gasteiger partial charge in [0.2, 0.25) is 5.95 Å². The topological polar surface area (TPSA) is 79.5 Å². The first kappa shape index (κ1) is 24.3. The molecule has 0 saturated heterocycles. The molecule has 1 unspecified atom stereocenters. The lowest BCUT2D eigenvalue weighted by Gasteiger charge is -2.20. The lowest BCUT2D eigenvalue weighted by atomic mass is 9.88. The van der Waals surface area contributed by atoms with Crippen LogP contribution in [0.3, 0.4) is 0 Å². The Kier molecular flexibility index (Phi) is 7.05. The Bertz CT molecular complexity index is 1580. The van der Waals surface area contributed by atoms with Gasteiger partial charge in [-0.25, -0.2) is 15.0 Å². The predicted molar refractivity (Wildman–Crippen MR) is 146 cm³/mol. The molecule has 0 aliphatic rings. The number of rotatable bonds is 8. The summed E-state index contributed by atoms with van der Waals surface area (Å²) in [6.45, 7) is 0. The molecule has 2 N–H and O–H groups in total. The lowest BCUT2D eigenvalue weighted by molar-refractivity contribution is 0.581. The third-order valence-electron chi connectivity index (χ3n) is 6.24. The summed E-state index contributed by atoms with van der Waals surface area (Å²) in [7, 11) is 1.93. The Hall–Kier alpha value is -4.36. The number of nitrogens with one attached hydrogen (secondary N) is 2. The van der Waals surface area contributed by atoms with E-state index in [4.69, 9.17) is 22.0 Å². The van der Waals surface area contributed by atoms with E-state index < -0.39 is 5.95 Å². The molecule has 8 heteroatoms. The molecule has 3 aromatic heterocycles. The van der Waals surface area contributed by atoms with Crippen molar-refractivity contribution in [3.8, 4) is 0 Å². The number of fused-ring (bicyclic) bond motifs is 1. The fraction of sp³-hybridized carbons (Fsp3) is 0.103. The van der Waals surface area contributed by atoms with Crippen LogP contribution in [0.2, 0.25) is 5.02 Å². The minimum Gasteiger partial charge on any atom is -0.346 e. The van der Waals surface area contributed by atoms with Crippen molar-refractivity contribution in [1.29, 1.82) is 5.41 Å². The Morgan fingerprint density at radius 2 is 1.89 bits per heavy atom. The third-order valence-corrected chi connectivity index (χ3v) is 6.67. The monoisotopic (exact) mass is 510 g/mol. The SMILES string of the molecule is Cn1cncc1C(c1ccc(F)nc1)c1ccc2nc(N/C=C\C=N)c(Cc3ccccc3)c(Cl)c2c1. The molecule has 5 rings (SSSR count). The number of allylic oxidation sites excluding steroid dienone is 1. The van der Waals surface area contributed by atoms with Gasteiger partial charge in [0.05, 0.1) is 22.8 Å². The number of nitrogens with zero attached hydrogens (tertiary/aromatic N) is 4. The van der Waals surface area contributed by atoms with Gasteiger partial charge in [0, 0.05) is 54.9 Å². The molecule has 0 aliphatic heterocycles. The van der Waals surface area contributed by atoms with Gasteiger partial charge < -0.3 is 15.3 Å². The number of pyridine rings is 2. The highest BCUT2D eigenvalue weighted by Gasteiger charge is 2.22. The van der Waals surface area contributed by atoms with Crippen LogP contribution in [0.25, 0.3) is 10.9 Å². The van der Waals surface area contributed by atoms with Gasteiger partial charge in [0.1, 0.15) is 5.82 Å². The van der Waals surface area contributed by atoms with E-state index in [1.165, 1.54) is 12.3 Å². The van der Waals surface area contributed by atoms with Gasteiger partial charge in [0.25, 0.3) is 0 Å². The Balaban J connectivity index is 1.67. The lowest BCUT2D eigenvalue weighted by Crippen LogP contribution is -2.09.